The van der Waals surface area contributed by atoms with Crippen molar-refractivity contribution in [2.75, 3.05) is 31.1 Å². The molecule has 0 unspecified atom stereocenters. The molecule has 1 aromatic heterocycles. The molecule has 2 N–H and O–H groups in total. The Morgan fingerprint density at radius 2 is 1.86 bits per heavy atom. The van der Waals surface area contributed by atoms with Crippen LogP contribution in [0.25, 0.3) is 11.3 Å². The Balaban J connectivity index is 1.81. The second-order valence-corrected chi connectivity index (χ2v) is 5.07. The van der Waals surface area contributed by atoms with Gasteiger partial charge >= 0.3 is 6.09 Å². The van der Waals surface area contributed by atoms with E-state index in [9.17, 15) is 9.90 Å². The second kappa shape index (κ2) is 5.88. The minimum atomic E-state index is -0.887. The van der Waals surface area contributed by atoms with Gasteiger partial charge in [0, 0.05) is 31.7 Å². The molecule has 3 rings (SSSR count). The Kier molecular flexibility index (Phi) is 3.78. The van der Waals surface area contributed by atoms with E-state index in [1.54, 1.807) is 24.4 Å². The fraction of sp³-hybridized carbons (Fsp3) is 0.267. The van der Waals surface area contributed by atoms with Gasteiger partial charge in [-0.3, -0.25) is 0 Å². The van der Waals surface area contributed by atoms with Gasteiger partial charge in [0.25, 0.3) is 0 Å². The van der Waals surface area contributed by atoms with Crippen molar-refractivity contribution < 1.29 is 15.0 Å². The van der Waals surface area contributed by atoms with E-state index in [0.717, 1.165) is 5.69 Å². The van der Waals surface area contributed by atoms with Gasteiger partial charge in [-0.1, -0.05) is 12.1 Å². The zero-order valence-electron chi connectivity index (χ0n) is 11.9. The van der Waals surface area contributed by atoms with Crippen LogP contribution in [0.5, 0.6) is 5.75 Å². The van der Waals surface area contributed by atoms with Crippen LogP contribution in [0.15, 0.2) is 36.5 Å². The summed E-state index contributed by atoms with van der Waals surface area (Å²) in [5.74, 6) is 0.157. The molecule has 7 heteroatoms. The maximum Gasteiger partial charge on any atom is 0.407 e. The third-order valence-electron chi connectivity index (χ3n) is 3.74. The molecule has 0 radical (unpaired) electrons. The van der Waals surface area contributed by atoms with Crippen molar-refractivity contribution in [1.29, 1.82) is 0 Å². The predicted molar refractivity (Wildman–Crippen MR) is 80.9 cm³/mol. The van der Waals surface area contributed by atoms with Gasteiger partial charge in [-0.25, -0.2) is 4.79 Å². The fourth-order valence-corrected chi connectivity index (χ4v) is 2.51. The third-order valence-corrected chi connectivity index (χ3v) is 3.74. The van der Waals surface area contributed by atoms with Gasteiger partial charge in [-0.2, -0.15) is 10.2 Å². The molecule has 22 heavy (non-hydrogen) atoms. The van der Waals surface area contributed by atoms with Crippen molar-refractivity contribution in [3.63, 3.8) is 0 Å². The lowest BCUT2D eigenvalue weighted by molar-refractivity contribution is 0.142. The maximum absolute atomic E-state index is 10.9. The number of nitrogens with zero attached hydrogens (tertiary/aromatic N) is 4. The van der Waals surface area contributed by atoms with Gasteiger partial charge in [-0.05, 0) is 18.2 Å². The van der Waals surface area contributed by atoms with Crippen molar-refractivity contribution in [3.05, 3.63) is 36.5 Å². The normalized spacial score (nSPS) is 14.9. The van der Waals surface area contributed by atoms with Crippen molar-refractivity contribution in [2.24, 2.45) is 0 Å². The quantitative estimate of drug-likeness (QED) is 0.876. The van der Waals surface area contributed by atoms with E-state index in [2.05, 4.69) is 15.1 Å². The molecule has 0 saturated carbocycles. The van der Waals surface area contributed by atoms with Crippen LogP contribution < -0.4 is 4.90 Å². The molecule has 0 bridgehead atoms. The summed E-state index contributed by atoms with van der Waals surface area (Å²) in [5.41, 5.74) is 2.09. The molecule has 1 aromatic carbocycles. The first-order valence-electron chi connectivity index (χ1n) is 6.99. The van der Waals surface area contributed by atoms with Gasteiger partial charge in [0.2, 0.25) is 0 Å². The summed E-state index contributed by atoms with van der Waals surface area (Å²) in [6.45, 7) is 2.14. The van der Waals surface area contributed by atoms with E-state index in [4.69, 9.17) is 5.11 Å². The monoisotopic (exact) mass is 300 g/mol. The summed E-state index contributed by atoms with van der Waals surface area (Å²) >= 11 is 0. The van der Waals surface area contributed by atoms with Gasteiger partial charge < -0.3 is 20.0 Å². The SMILES string of the molecule is O=C(O)N1CCN(c2cnnc(-c3ccccc3O)c2)CC1. The first kappa shape index (κ1) is 14.1. The first-order chi connectivity index (χ1) is 10.6. The average Bonchev–Trinajstić information content (AvgIpc) is 2.55. The van der Waals surface area contributed by atoms with Crippen molar-refractivity contribution in [3.8, 4) is 17.0 Å². The Morgan fingerprint density at radius 3 is 2.55 bits per heavy atom. The van der Waals surface area contributed by atoms with Crippen LogP contribution in [-0.2, 0) is 0 Å². The largest absolute Gasteiger partial charge is 0.507 e. The highest BCUT2D eigenvalue weighted by Gasteiger charge is 2.21. The van der Waals surface area contributed by atoms with Crippen molar-refractivity contribution in [1.82, 2.24) is 15.1 Å². The smallest absolute Gasteiger partial charge is 0.407 e. The molecule has 0 spiro atoms. The lowest BCUT2D eigenvalue weighted by Gasteiger charge is -2.34. The molecule has 1 fully saturated rings. The van der Waals surface area contributed by atoms with Crippen LogP contribution in [0.3, 0.4) is 0 Å². The number of carboxylic acid groups (broad SMARTS) is 1. The highest BCUT2D eigenvalue weighted by Crippen LogP contribution is 2.29. The number of anilines is 1. The number of carbonyl (C=O) groups is 1. The Hall–Kier alpha value is -2.83. The summed E-state index contributed by atoms with van der Waals surface area (Å²) in [4.78, 5) is 14.4. The highest BCUT2D eigenvalue weighted by atomic mass is 16.4. The van der Waals surface area contributed by atoms with E-state index >= 15 is 0 Å². The van der Waals surface area contributed by atoms with E-state index in [1.165, 1.54) is 4.90 Å². The van der Waals surface area contributed by atoms with Gasteiger partial charge in [0.1, 0.15) is 5.75 Å². The van der Waals surface area contributed by atoms with E-state index in [0.29, 0.717) is 37.4 Å². The molecule has 1 aliphatic heterocycles. The Bertz CT molecular complexity index is 684. The number of phenolic OH excluding ortho intramolecular Hbond substituents is 1. The average molecular weight is 300 g/mol. The molecule has 114 valence electrons. The molecule has 0 atom stereocenters. The maximum atomic E-state index is 10.9. The number of piperazine rings is 1. The zero-order valence-corrected chi connectivity index (χ0v) is 11.9. The number of rotatable bonds is 2. The summed E-state index contributed by atoms with van der Waals surface area (Å²) < 4.78 is 0. The van der Waals surface area contributed by atoms with E-state index in [1.807, 2.05) is 12.1 Å². The molecule has 0 aliphatic carbocycles. The number of hydrogen-bond acceptors (Lipinski definition) is 5. The molecule has 2 aromatic rings. The number of phenols is 1. The standard InChI is InChI=1S/C15H16N4O3/c20-14-4-2-1-3-12(14)13-9-11(10-16-17-13)18-5-7-19(8-6-18)15(21)22/h1-4,9-10,20H,5-8H2,(H,21,22). The second-order valence-electron chi connectivity index (χ2n) is 5.07. The molecule has 2 heterocycles. The fourth-order valence-electron chi connectivity index (χ4n) is 2.51. The minimum absolute atomic E-state index is 0.157. The molecular formula is C15H16N4O3. The predicted octanol–water partition coefficient (Wildman–Crippen LogP) is 1.65. The van der Waals surface area contributed by atoms with Crippen LogP contribution in [0.4, 0.5) is 10.5 Å². The molecule has 1 amide bonds. The highest BCUT2D eigenvalue weighted by molar-refractivity contribution is 5.69. The summed E-state index contributed by atoms with van der Waals surface area (Å²) in [6, 6.07) is 8.83. The third kappa shape index (κ3) is 2.78. The molecular weight excluding hydrogens is 284 g/mol. The molecule has 1 aliphatic rings. The van der Waals surface area contributed by atoms with Crippen LogP contribution >= 0.6 is 0 Å². The van der Waals surface area contributed by atoms with Crippen LogP contribution in [0.1, 0.15) is 0 Å². The first-order valence-corrected chi connectivity index (χ1v) is 6.99. The number of para-hydroxylation sites is 1. The number of aromatic nitrogens is 2. The summed E-state index contributed by atoms with van der Waals surface area (Å²) in [6.07, 6.45) is 0.766. The lowest BCUT2D eigenvalue weighted by atomic mass is 10.1. The number of amides is 1. The molecule has 7 nitrogen and oxygen atoms in total. The van der Waals surface area contributed by atoms with Crippen LogP contribution in [0.2, 0.25) is 0 Å². The summed E-state index contributed by atoms with van der Waals surface area (Å²) in [7, 11) is 0. The zero-order chi connectivity index (χ0) is 15.5. The van der Waals surface area contributed by atoms with E-state index < -0.39 is 6.09 Å². The van der Waals surface area contributed by atoms with Crippen LogP contribution in [0, 0.1) is 0 Å². The van der Waals surface area contributed by atoms with Gasteiger partial charge in [0.15, 0.2) is 0 Å². The Labute approximate surface area is 127 Å². The van der Waals surface area contributed by atoms with Gasteiger partial charge in [0.05, 0.1) is 17.6 Å². The van der Waals surface area contributed by atoms with E-state index in [-0.39, 0.29) is 5.75 Å². The number of hydrogen-bond donors (Lipinski definition) is 2. The minimum Gasteiger partial charge on any atom is -0.507 e. The summed E-state index contributed by atoms with van der Waals surface area (Å²) in [5, 5.41) is 26.9. The van der Waals surface area contributed by atoms with Gasteiger partial charge in [-0.15, -0.1) is 0 Å². The number of benzene rings is 1. The van der Waals surface area contributed by atoms with Crippen molar-refractivity contribution >= 4 is 11.8 Å². The topological polar surface area (TPSA) is 89.8 Å². The van der Waals surface area contributed by atoms with Crippen molar-refractivity contribution in [2.45, 2.75) is 0 Å². The number of aromatic hydroxyl groups is 1. The molecule has 1 saturated heterocycles. The van der Waals surface area contributed by atoms with Crippen LogP contribution in [-0.4, -0.2) is 57.6 Å². The lowest BCUT2D eigenvalue weighted by Crippen LogP contribution is -2.48. The Morgan fingerprint density at radius 1 is 1.14 bits per heavy atom.